The molecule has 0 aromatic heterocycles. The van der Waals surface area contributed by atoms with Crippen molar-refractivity contribution in [3.05, 3.63) is 64.6 Å². The summed E-state index contributed by atoms with van der Waals surface area (Å²) in [5.74, 6) is -0.718. The van der Waals surface area contributed by atoms with Crippen molar-refractivity contribution < 1.29 is 24.2 Å². The molecule has 0 N–H and O–H groups in total. The zero-order valence-electron chi connectivity index (χ0n) is 15.8. The molecule has 1 aliphatic heterocycles. The van der Waals surface area contributed by atoms with Crippen molar-refractivity contribution in [2.75, 3.05) is 7.11 Å². The molecule has 8 heteroatoms. The van der Waals surface area contributed by atoms with Crippen LogP contribution in [0.25, 0.3) is 6.08 Å². The van der Waals surface area contributed by atoms with E-state index in [9.17, 15) is 14.7 Å². The average molecular weight is 429 g/mol. The van der Waals surface area contributed by atoms with Crippen molar-refractivity contribution in [2.45, 2.75) is 19.6 Å². The number of nitrogens with zero attached hydrogens (tertiary/aromatic N) is 1. The van der Waals surface area contributed by atoms with Gasteiger partial charge in [-0.05, 0) is 36.3 Å². The van der Waals surface area contributed by atoms with Crippen LogP contribution in [-0.2, 0) is 16.2 Å². The molecule has 1 fully saturated rings. The van der Waals surface area contributed by atoms with Crippen molar-refractivity contribution in [3.63, 3.8) is 0 Å². The van der Waals surface area contributed by atoms with Crippen LogP contribution in [0.1, 0.15) is 18.1 Å². The summed E-state index contributed by atoms with van der Waals surface area (Å²) in [7, 11) is 1.54. The highest BCUT2D eigenvalue weighted by atomic mass is 32.2. The van der Waals surface area contributed by atoms with Crippen LogP contribution in [0.3, 0.4) is 0 Å². The van der Waals surface area contributed by atoms with E-state index >= 15 is 0 Å². The number of carbonyl (C=O) groups excluding carboxylic acids is 2. The molecule has 2 aromatic carbocycles. The number of aliphatic carboxylic acids is 1. The molecular weight excluding hydrogens is 410 g/mol. The minimum Gasteiger partial charge on any atom is -0.548 e. The summed E-state index contributed by atoms with van der Waals surface area (Å²) in [6, 6.07) is 13.9. The Bertz CT molecular complexity index is 974. The van der Waals surface area contributed by atoms with Gasteiger partial charge in [0.15, 0.2) is 11.5 Å². The molecule has 0 spiro atoms. The summed E-state index contributed by atoms with van der Waals surface area (Å²) in [4.78, 5) is 25.0. The monoisotopic (exact) mass is 428 g/mol. The number of carbonyl (C=O) groups is 2. The maximum atomic E-state index is 12.5. The first-order chi connectivity index (χ1) is 13.9. The van der Waals surface area contributed by atoms with Gasteiger partial charge in [-0.2, -0.15) is 0 Å². The van der Waals surface area contributed by atoms with Gasteiger partial charge in [-0.15, -0.1) is 0 Å². The molecule has 150 valence electrons. The van der Waals surface area contributed by atoms with Gasteiger partial charge in [0.2, 0.25) is 0 Å². The Labute approximate surface area is 178 Å². The number of carboxylic acids is 1. The van der Waals surface area contributed by atoms with Crippen molar-refractivity contribution >= 4 is 46.3 Å². The predicted octanol–water partition coefficient (Wildman–Crippen LogP) is 2.61. The van der Waals surface area contributed by atoms with Crippen LogP contribution >= 0.6 is 24.0 Å². The molecule has 6 nitrogen and oxygen atoms in total. The Morgan fingerprint density at radius 2 is 1.97 bits per heavy atom. The van der Waals surface area contributed by atoms with E-state index in [-0.39, 0.29) is 4.32 Å². The molecule has 1 heterocycles. The van der Waals surface area contributed by atoms with Crippen molar-refractivity contribution in [2.24, 2.45) is 0 Å². The summed E-state index contributed by atoms with van der Waals surface area (Å²) in [6.07, 6.45) is 1.64. The molecule has 2 aromatic rings. The van der Waals surface area contributed by atoms with E-state index in [1.807, 2.05) is 30.3 Å². The van der Waals surface area contributed by atoms with Crippen molar-refractivity contribution in [1.82, 2.24) is 4.90 Å². The number of thiocarbonyl (C=S) groups is 1. The SMILES string of the molecule is COc1cc(/C=C2\SC(=S)N([C@@H](C)C(=O)[O-])C2=O)ccc1OCc1ccccc1. The summed E-state index contributed by atoms with van der Waals surface area (Å²) in [5.41, 5.74) is 1.74. The highest BCUT2D eigenvalue weighted by Crippen LogP contribution is 2.35. The number of thioether (sulfide) groups is 1. The minimum absolute atomic E-state index is 0.188. The molecule has 29 heavy (non-hydrogen) atoms. The Balaban J connectivity index is 1.78. The van der Waals surface area contributed by atoms with E-state index in [1.165, 1.54) is 14.0 Å². The number of methoxy groups -OCH3 is 1. The van der Waals surface area contributed by atoms with Gasteiger partial charge in [0.1, 0.15) is 10.9 Å². The van der Waals surface area contributed by atoms with Gasteiger partial charge >= 0.3 is 0 Å². The smallest absolute Gasteiger partial charge is 0.266 e. The first-order valence-electron chi connectivity index (χ1n) is 8.73. The Morgan fingerprint density at radius 1 is 1.24 bits per heavy atom. The summed E-state index contributed by atoms with van der Waals surface area (Å²) < 4.78 is 11.4. The fraction of sp³-hybridized carbons (Fsp3) is 0.190. The molecule has 1 amide bonds. The topological polar surface area (TPSA) is 78.9 Å². The molecule has 0 unspecified atom stereocenters. The number of hydrogen-bond acceptors (Lipinski definition) is 7. The van der Waals surface area contributed by atoms with Gasteiger partial charge in [-0.1, -0.05) is 60.4 Å². The maximum Gasteiger partial charge on any atom is 0.266 e. The molecule has 3 rings (SSSR count). The van der Waals surface area contributed by atoms with Crippen molar-refractivity contribution in [1.29, 1.82) is 0 Å². The van der Waals surface area contributed by atoms with E-state index in [2.05, 4.69) is 0 Å². The van der Waals surface area contributed by atoms with Gasteiger partial charge in [-0.3, -0.25) is 9.69 Å². The first-order valence-corrected chi connectivity index (χ1v) is 9.96. The lowest BCUT2D eigenvalue weighted by Gasteiger charge is -2.23. The standard InChI is InChI=1S/C21H19NO5S2/c1-13(20(24)25)22-19(23)18(29-21(22)28)11-15-8-9-16(17(10-15)26-2)27-12-14-6-4-3-5-7-14/h3-11,13H,12H2,1-2H3,(H,24,25)/p-1/b18-11-/t13-/m0/s1. The average Bonchev–Trinajstić information content (AvgIpc) is 2.99. The van der Waals surface area contributed by atoms with Gasteiger partial charge in [0, 0.05) is 0 Å². The molecule has 0 radical (unpaired) electrons. The Kier molecular flexibility index (Phi) is 6.56. The molecular formula is C21H18NO5S2-. The van der Waals surface area contributed by atoms with Crippen LogP contribution in [0.5, 0.6) is 11.5 Å². The highest BCUT2D eigenvalue weighted by molar-refractivity contribution is 8.26. The van der Waals surface area contributed by atoms with Gasteiger partial charge in [0.05, 0.1) is 24.0 Å². The number of amides is 1. The largest absolute Gasteiger partial charge is 0.548 e. The zero-order chi connectivity index (χ0) is 21.0. The Morgan fingerprint density at radius 3 is 2.62 bits per heavy atom. The molecule has 0 saturated carbocycles. The Hall–Kier alpha value is -2.84. The highest BCUT2D eigenvalue weighted by Gasteiger charge is 2.35. The number of benzene rings is 2. The summed E-state index contributed by atoms with van der Waals surface area (Å²) in [6.45, 7) is 1.77. The second-order valence-corrected chi connectivity index (χ2v) is 7.91. The fourth-order valence-corrected chi connectivity index (χ4v) is 4.12. The van der Waals surface area contributed by atoms with Crippen molar-refractivity contribution in [3.8, 4) is 11.5 Å². The van der Waals surface area contributed by atoms with E-state index in [0.29, 0.717) is 28.6 Å². The van der Waals surface area contributed by atoms with E-state index in [0.717, 1.165) is 22.2 Å². The lowest BCUT2D eigenvalue weighted by Crippen LogP contribution is -2.48. The third-order valence-electron chi connectivity index (χ3n) is 4.27. The number of carboxylic acid groups (broad SMARTS) is 1. The van der Waals surface area contributed by atoms with Crippen LogP contribution in [0.2, 0.25) is 0 Å². The second-order valence-electron chi connectivity index (χ2n) is 6.23. The number of ether oxygens (including phenoxy) is 2. The first kappa shape index (κ1) is 20.9. The fourth-order valence-electron chi connectivity index (χ4n) is 2.70. The van der Waals surface area contributed by atoms with Crippen LogP contribution in [-0.4, -0.2) is 34.2 Å². The van der Waals surface area contributed by atoms with E-state index in [4.69, 9.17) is 21.7 Å². The van der Waals surface area contributed by atoms with Crippen LogP contribution in [0, 0.1) is 0 Å². The minimum atomic E-state index is -1.36. The predicted molar refractivity (Wildman–Crippen MR) is 113 cm³/mol. The summed E-state index contributed by atoms with van der Waals surface area (Å²) >= 11 is 6.20. The number of rotatable bonds is 7. The number of hydrogen-bond donors (Lipinski definition) is 0. The lowest BCUT2D eigenvalue weighted by molar-refractivity contribution is -0.309. The van der Waals surface area contributed by atoms with E-state index < -0.39 is 17.9 Å². The lowest BCUT2D eigenvalue weighted by atomic mass is 10.1. The second kappa shape index (κ2) is 9.11. The van der Waals surface area contributed by atoms with Gasteiger partial charge in [0.25, 0.3) is 5.91 Å². The third kappa shape index (κ3) is 4.78. The van der Waals surface area contributed by atoms with Crippen LogP contribution in [0.15, 0.2) is 53.4 Å². The molecule has 1 saturated heterocycles. The molecule has 1 aliphatic rings. The zero-order valence-corrected chi connectivity index (χ0v) is 17.4. The van der Waals surface area contributed by atoms with E-state index in [1.54, 1.807) is 24.3 Å². The molecule has 0 aliphatic carbocycles. The normalized spacial score (nSPS) is 16.2. The third-order valence-corrected chi connectivity index (χ3v) is 5.60. The van der Waals surface area contributed by atoms with Gasteiger partial charge < -0.3 is 19.4 Å². The van der Waals surface area contributed by atoms with Gasteiger partial charge in [-0.25, -0.2) is 0 Å². The summed E-state index contributed by atoms with van der Waals surface area (Å²) in [5, 5.41) is 11.1. The quantitative estimate of drug-likeness (QED) is 0.495. The van der Waals surface area contributed by atoms with Crippen LogP contribution in [0.4, 0.5) is 0 Å². The molecule has 0 bridgehead atoms. The van der Waals surface area contributed by atoms with Crippen LogP contribution < -0.4 is 14.6 Å². The maximum absolute atomic E-state index is 12.5. The molecule has 1 atom stereocenters.